The van der Waals surface area contributed by atoms with Gasteiger partial charge in [-0.2, -0.15) is 13.2 Å². The van der Waals surface area contributed by atoms with E-state index >= 15 is 0 Å². The predicted molar refractivity (Wildman–Crippen MR) is 90.7 cm³/mol. The van der Waals surface area contributed by atoms with Gasteiger partial charge in [-0.3, -0.25) is 9.38 Å². The highest BCUT2D eigenvalue weighted by Crippen LogP contribution is 2.30. The number of rotatable bonds is 3. The topological polar surface area (TPSA) is 67.5 Å². The number of aliphatic imine (C=N–C) groups is 1. The Morgan fingerprint density at radius 1 is 1.21 bits per heavy atom. The molecule has 1 N–H and O–H groups in total. The van der Waals surface area contributed by atoms with Crippen molar-refractivity contribution in [3.63, 3.8) is 0 Å². The van der Waals surface area contributed by atoms with Crippen LogP contribution in [0, 0.1) is 0 Å². The Balaban J connectivity index is 1.65. The minimum Gasteiger partial charge on any atom is -0.303 e. The van der Waals surface area contributed by atoms with Crippen LogP contribution in [0.3, 0.4) is 0 Å². The summed E-state index contributed by atoms with van der Waals surface area (Å²) >= 11 is 0. The van der Waals surface area contributed by atoms with Crippen LogP contribution in [-0.2, 0) is 6.18 Å². The molecule has 0 spiro atoms. The molecule has 1 aliphatic heterocycles. The molecule has 0 aliphatic carbocycles. The number of hydrogen-bond donors (Lipinski definition) is 1. The van der Waals surface area contributed by atoms with Crippen LogP contribution >= 0.6 is 0 Å². The molecule has 0 saturated carbocycles. The van der Waals surface area contributed by atoms with Crippen molar-refractivity contribution in [1.29, 1.82) is 0 Å². The highest BCUT2D eigenvalue weighted by molar-refractivity contribution is 5.90. The molecule has 4 rings (SSSR count). The molecule has 0 radical (unpaired) electrons. The SMILES string of the molecule is FC(F)[C@@H]1CC(=Nc2cncc(-c3cnc4cc(C(F)(F)F)ccn34)n2)CN1. The summed E-state index contributed by atoms with van der Waals surface area (Å²) < 4.78 is 65.4. The van der Waals surface area contributed by atoms with Crippen molar-refractivity contribution < 1.29 is 22.0 Å². The van der Waals surface area contributed by atoms with Gasteiger partial charge in [-0.05, 0) is 12.1 Å². The number of fused-ring (bicyclic) bond motifs is 1. The first-order chi connectivity index (χ1) is 13.3. The third-order valence-corrected chi connectivity index (χ3v) is 4.33. The third kappa shape index (κ3) is 3.57. The highest BCUT2D eigenvalue weighted by Gasteiger charge is 2.31. The van der Waals surface area contributed by atoms with Crippen molar-refractivity contribution in [2.75, 3.05) is 6.54 Å². The Bertz CT molecular complexity index is 1040. The first kappa shape index (κ1) is 18.4. The van der Waals surface area contributed by atoms with Gasteiger partial charge in [0.05, 0.1) is 35.9 Å². The normalized spacial score (nSPS) is 19.2. The fraction of sp³-hybridized carbons (Fsp3) is 0.294. The van der Waals surface area contributed by atoms with E-state index in [2.05, 4.69) is 25.3 Å². The maximum Gasteiger partial charge on any atom is 0.416 e. The van der Waals surface area contributed by atoms with Crippen LogP contribution < -0.4 is 5.32 Å². The molecular weight excluding hydrogens is 383 g/mol. The second kappa shape index (κ2) is 6.89. The number of halogens is 5. The van der Waals surface area contributed by atoms with E-state index in [-0.39, 0.29) is 24.4 Å². The Kier molecular flexibility index (Phi) is 4.53. The van der Waals surface area contributed by atoms with Gasteiger partial charge < -0.3 is 5.32 Å². The lowest BCUT2D eigenvalue weighted by Gasteiger charge is -2.07. The Labute approximate surface area is 155 Å². The molecule has 4 heterocycles. The lowest BCUT2D eigenvalue weighted by atomic mass is 10.2. The molecule has 3 aromatic heterocycles. The van der Waals surface area contributed by atoms with Gasteiger partial charge in [0.25, 0.3) is 6.43 Å². The Morgan fingerprint density at radius 3 is 2.75 bits per heavy atom. The summed E-state index contributed by atoms with van der Waals surface area (Å²) in [5, 5.41) is 2.68. The molecule has 0 bridgehead atoms. The molecule has 28 heavy (non-hydrogen) atoms. The van der Waals surface area contributed by atoms with Crippen LogP contribution in [0.15, 0.2) is 41.9 Å². The zero-order valence-electron chi connectivity index (χ0n) is 14.2. The maximum absolute atomic E-state index is 12.8. The number of nitrogens with zero attached hydrogens (tertiary/aromatic N) is 5. The summed E-state index contributed by atoms with van der Waals surface area (Å²) in [5.74, 6) is 0.228. The summed E-state index contributed by atoms with van der Waals surface area (Å²) in [5.41, 5.74) is 0.636. The van der Waals surface area contributed by atoms with Gasteiger partial charge >= 0.3 is 6.18 Å². The van der Waals surface area contributed by atoms with Crippen molar-refractivity contribution >= 4 is 17.2 Å². The fourth-order valence-electron chi connectivity index (χ4n) is 2.95. The molecular formula is C17H13F5N6. The summed E-state index contributed by atoms with van der Waals surface area (Å²) in [6, 6.07) is 0.955. The standard InChI is InChI=1S/C17H13F5N6/c18-16(19)11-4-10(5-24-11)26-14-8-23-6-12(27-14)13-7-25-15-3-9(17(20,21)22)1-2-28(13)15/h1-3,6-8,11,16,24H,4-5H2/t11-/m0/s1. The zero-order chi connectivity index (χ0) is 19.9. The molecule has 11 heteroatoms. The van der Waals surface area contributed by atoms with Gasteiger partial charge in [-0.1, -0.05) is 0 Å². The van der Waals surface area contributed by atoms with E-state index in [1.54, 1.807) is 0 Å². The van der Waals surface area contributed by atoms with Crippen LogP contribution in [0.5, 0.6) is 0 Å². The first-order valence-corrected chi connectivity index (χ1v) is 8.26. The lowest BCUT2D eigenvalue weighted by molar-refractivity contribution is -0.137. The van der Waals surface area contributed by atoms with E-state index in [0.29, 0.717) is 17.1 Å². The minimum absolute atomic E-state index is 0.111. The van der Waals surface area contributed by atoms with Crippen molar-refractivity contribution in [3.05, 3.63) is 42.5 Å². The van der Waals surface area contributed by atoms with Crippen LogP contribution in [-0.4, -0.2) is 44.1 Å². The van der Waals surface area contributed by atoms with Crippen molar-refractivity contribution in [2.45, 2.75) is 25.1 Å². The average Bonchev–Trinajstić information content (AvgIpc) is 3.27. The number of nitrogens with one attached hydrogen (secondary N) is 1. The quantitative estimate of drug-likeness (QED) is 0.688. The van der Waals surface area contributed by atoms with Crippen LogP contribution in [0.25, 0.3) is 17.0 Å². The van der Waals surface area contributed by atoms with Gasteiger partial charge in [-0.25, -0.2) is 23.7 Å². The first-order valence-electron chi connectivity index (χ1n) is 8.26. The van der Waals surface area contributed by atoms with Crippen molar-refractivity contribution in [1.82, 2.24) is 24.7 Å². The van der Waals surface area contributed by atoms with Crippen molar-refractivity contribution in [3.8, 4) is 11.4 Å². The molecule has 6 nitrogen and oxygen atoms in total. The van der Waals surface area contributed by atoms with Crippen LogP contribution in [0.1, 0.15) is 12.0 Å². The smallest absolute Gasteiger partial charge is 0.303 e. The molecule has 1 saturated heterocycles. The summed E-state index contributed by atoms with van der Waals surface area (Å²) in [6.07, 6.45) is -1.37. The van der Waals surface area contributed by atoms with Gasteiger partial charge in [0.2, 0.25) is 0 Å². The van der Waals surface area contributed by atoms with E-state index < -0.39 is 24.2 Å². The number of aromatic nitrogens is 4. The second-order valence-corrected chi connectivity index (χ2v) is 6.25. The van der Waals surface area contributed by atoms with E-state index in [9.17, 15) is 22.0 Å². The van der Waals surface area contributed by atoms with Gasteiger partial charge in [0.1, 0.15) is 11.3 Å². The molecule has 1 aliphatic rings. The molecule has 146 valence electrons. The zero-order valence-corrected chi connectivity index (χ0v) is 14.2. The van der Waals surface area contributed by atoms with Gasteiger partial charge in [0, 0.05) is 24.9 Å². The molecule has 3 aromatic rings. The largest absolute Gasteiger partial charge is 0.416 e. The van der Waals surface area contributed by atoms with Gasteiger partial charge in [-0.15, -0.1) is 0 Å². The van der Waals surface area contributed by atoms with Gasteiger partial charge in [0.15, 0.2) is 5.82 Å². The molecule has 0 aromatic carbocycles. The number of alkyl halides is 5. The van der Waals surface area contributed by atoms with Crippen LogP contribution in [0.2, 0.25) is 0 Å². The number of hydrogen-bond acceptors (Lipinski definition) is 5. The van der Waals surface area contributed by atoms with E-state index in [4.69, 9.17) is 0 Å². The lowest BCUT2D eigenvalue weighted by Crippen LogP contribution is -2.28. The number of imidazole rings is 1. The summed E-state index contributed by atoms with van der Waals surface area (Å²) in [4.78, 5) is 16.6. The predicted octanol–water partition coefficient (Wildman–Crippen LogP) is 3.51. The molecule has 0 amide bonds. The maximum atomic E-state index is 12.8. The molecule has 0 unspecified atom stereocenters. The second-order valence-electron chi connectivity index (χ2n) is 6.25. The summed E-state index contributed by atoms with van der Waals surface area (Å²) in [7, 11) is 0. The van der Waals surface area contributed by atoms with E-state index in [1.807, 2.05) is 0 Å². The van der Waals surface area contributed by atoms with Crippen molar-refractivity contribution in [2.24, 2.45) is 4.99 Å². The monoisotopic (exact) mass is 396 g/mol. The average molecular weight is 396 g/mol. The Morgan fingerprint density at radius 2 is 2.04 bits per heavy atom. The van der Waals surface area contributed by atoms with Crippen LogP contribution in [0.4, 0.5) is 27.8 Å². The fourth-order valence-corrected chi connectivity index (χ4v) is 2.95. The third-order valence-electron chi connectivity index (χ3n) is 4.33. The minimum atomic E-state index is -4.46. The summed E-state index contributed by atoms with van der Waals surface area (Å²) in [6.45, 7) is 0.233. The van der Waals surface area contributed by atoms with E-state index in [0.717, 1.165) is 12.1 Å². The molecule has 1 fully saturated rings. The Hall–Kier alpha value is -2.95. The molecule has 1 atom stereocenters. The van der Waals surface area contributed by atoms with E-state index in [1.165, 1.54) is 29.2 Å². The highest BCUT2D eigenvalue weighted by atomic mass is 19.4. The number of pyridine rings is 1.